The van der Waals surface area contributed by atoms with E-state index in [1.807, 2.05) is 0 Å². The van der Waals surface area contributed by atoms with Crippen molar-refractivity contribution in [1.82, 2.24) is 0 Å². The first-order valence-electron chi connectivity index (χ1n) is 4.67. The lowest BCUT2D eigenvalue weighted by molar-refractivity contribution is 1.29. The molecule has 13 heavy (non-hydrogen) atoms. The van der Waals surface area contributed by atoms with E-state index in [0.29, 0.717) is 6.98 Å². The molecule has 1 heterocycles. The van der Waals surface area contributed by atoms with Gasteiger partial charge in [-0.1, -0.05) is 6.07 Å². The summed E-state index contributed by atoms with van der Waals surface area (Å²) >= 11 is 0. The van der Waals surface area contributed by atoms with Crippen molar-refractivity contribution < 1.29 is 0 Å². The van der Waals surface area contributed by atoms with E-state index in [9.17, 15) is 0 Å². The maximum atomic E-state index is 2.31. The van der Waals surface area contributed by atoms with E-state index >= 15 is 0 Å². The minimum absolute atomic E-state index is 0.469. The van der Waals surface area contributed by atoms with Crippen molar-refractivity contribution in [2.24, 2.45) is 0 Å². The molecule has 0 fully saturated rings. The Balaban J connectivity index is 2.54. The second-order valence-corrected chi connectivity index (χ2v) is 3.85. The molecule has 68 valence electrons. The lowest BCUT2D eigenvalue weighted by Gasteiger charge is -2.18. The third-order valence-corrected chi connectivity index (χ3v) is 3.01. The van der Waals surface area contributed by atoms with Crippen molar-refractivity contribution in [2.45, 2.75) is 13.7 Å². The highest BCUT2D eigenvalue weighted by molar-refractivity contribution is 6.68. The number of hydrogen-bond acceptors (Lipinski definition) is 2. The van der Waals surface area contributed by atoms with Crippen LogP contribution in [0.1, 0.15) is 5.56 Å². The Morgan fingerprint density at radius 1 is 1.08 bits per heavy atom. The maximum absolute atomic E-state index is 2.31. The zero-order valence-corrected chi connectivity index (χ0v) is 8.70. The molecule has 0 atom stereocenters. The van der Waals surface area contributed by atoms with Gasteiger partial charge >= 0.3 is 6.98 Å². The molecular formula is C10H15BN2. The zero-order valence-electron chi connectivity index (χ0n) is 8.70. The van der Waals surface area contributed by atoms with E-state index in [1.54, 1.807) is 0 Å². The average molecular weight is 174 g/mol. The third kappa shape index (κ3) is 1.11. The number of benzene rings is 1. The Morgan fingerprint density at radius 3 is 2.38 bits per heavy atom. The topological polar surface area (TPSA) is 6.48 Å². The van der Waals surface area contributed by atoms with E-state index in [2.05, 4.69) is 55.7 Å². The van der Waals surface area contributed by atoms with Crippen LogP contribution in [-0.4, -0.2) is 21.1 Å². The molecule has 0 saturated carbocycles. The van der Waals surface area contributed by atoms with E-state index in [4.69, 9.17) is 0 Å². The summed E-state index contributed by atoms with van der Waals surface area (Å²) in [6.07, 6.45) is 0. The first-order valence-corrected chi connectivity index (χ1v) is 4.67. The Hall–Kier alpha value is -1.12. The van der Waals surface area contributed by atoms with Crippen LogP contribution < -0.4 is 9.62 Å². The number of fused-ring (bicyclic) bond motifs is 1. The minimum atomic E-state index is 0.469. The van der Waals surface area contributed by atoms with Gasteiger partial charge in [0.15, 0.2) is 0 Å². The van der Waals surface area contributed by atoms with Crippen LogP contribution in [0.5, 0.6) is 0 Å². The molecule has 1 aliphatic rings. The highest BCUT2D eigenvalue weighted by Gasteiger charge is 2.31. The van der Waals surface area contributed by atoms with Crippen molar-refractivity contribution in [3.63, 3.8) is 0 Å². The van der Waals surface area contributed by atoms with Crippen LogP contribution in [0.2, 0.25) is 6.82 Å². The minimum Gasteiger partial charge on any atom is -0.397 e. The third-order valence-electron chi connectivity index (χ3n) is 3.01. The van der Waals surface area contributed by atoms with Gasteiger partial charge < -0.3 is 9.62 Å². The summed E-state index contributed by atoms with van der Waals surface area (Å²) in [4.78, 5) is 4.61. The zero-order chi connectivity index (χ0) is 9.59. The van der Waals surface area contributed by atoms with Gasteiger partial charge in [-0.2, -0.15) is 0 Å². The largest absolute Gasteiger partial charge is 0.397 e. The molecule has 1 aromatic carbocycles. The fraction of sp³-hybridized carbons (Fsp3) is 0.400. The van der Waals surface area contributed by atoms with Gasteiger partial charge in [0.2, 0.25) is 0 Å². The van der Waals surface area contributed by atoms with Crippen molar-refractivity contribution in [3.8, 4) is 0 Å². The standard InChI is InChI=1S/C10H15BN2/c1-8-5-6-9-10(7-8)13(4)11(2)12(9)3/h5-7H,1-4H3. The smallest absolute Gasteiger partial charge is 0.371 e. The summed E-state index contributed by atoms with van der Waals surface area (Å²) in [6, 6.07) is 6.61. The molecule has 2 nitrogen and oxygen atoms in total. The molecule has 0 aromatic heterocycles. The van der Waals surface area contributed by atoms with E-state index in [1.165, 1.54) is 16.9 Å². The summed E-state index contributed by atoms with van der Waals surface area (Å²) in [7, 11) is 4.29. The second kappa shape index (κ2) is 2.69. The van der Waals surface area contributed by atoms with Gasteiger partial charge in [0.1, 0.15) is 0 Å². The number of anilines is 2. The summed E-state index contributed by atoms with van der Waals surface area (Å²) in [5.41, 5.74) is 4.00. The monoisotopic (exact) mass is 174 g/mol. The van der Waals surface area contributed by atoms with Crippen LogP contribution in [0, 0.1) is 6.92 Å². The van der Waals surface area contributed by atoms with Gasteiger partial charge in [-0.3, -0.25) is 0 Å². The molecular weight excluding hydrogens is 159 g/mol. The SMILES string of the molecule is CB1N(C)c2ccc(C)cc2N1C. The highest BCUT2D eigenvalue weighted by Crippen LogP contribution is 2.36. The first kappa shape index (κ1) is 8.48. The second-order valence-electron chi connectivity index (χ2n) is 3.85. The predicted molar refractivity (Wildman–Crippen MR) is 59.6 cm³/mol. The van der Waals surface area contributed by atoms with Gasteiger partial charge in [-0.05, 0) is 45.5 Å². The molecule has 1 aromatic rings. The van der Waals surface area contributed by atoms with Crippen molar-refractivity contribution >= 4 is 18.4 Å². The molecule has 0 saturated heterocycles. The molecule has 0 amide bonds. The fourth-order valence-corrected chi connectivity index (χ4v) is 1.88. The Kier molecular flexibility index (Phi) is 1.75. The van der Waals surface area contributed by atoms with Crippen molar-refractivity contribution in [2.75, 3.05) is 23.7 Å². The highest BCUT2D eigenvalue weighted by atomic mass is 15.3. The lowest BCUT2D eigenvalue weighted by atomic mass is 9.78. The number of hydrogen-bond donors (Lipinski definition) is 0. The van der Waals surface area contributed by atoms with E-state index < -0.39 is 0 Å². The van der Waals surface area contributed by atoms with Gasteiger partial charge in [0, 0.05) is 11.4 Å². The van der Waals surface area contributed by atoms with Crippen LogP contribution in [0.25, 0.3) is 0 Å². The molecule has 0 unspecified atom stereocenters. The molecule has 3 heteroatoms. The van der Waals surface area contributed by atoms with Crippen LogP contribution in [0.15, 0.2) is 18.2 Å². The van der Waals surface area contributed by atoms with Crippen LogP contribution >= 0.6 is 0 Å². The Morgan fingerprint density at radius 2 is 1.69 bits per heavy atom. The normalized spacial score (nSPS) is 15.2. The molecule has 1 aliphatic heterocycles. The summed E-state index contributed by atoms with van der Waals surface area (Å²) in [6.45, 7) is 4.82. The quantitative estimate of drug-likeness (QED) is 0.555. The molecule has 0 N–H and O–H groups in total. The maximum Gasteiger partial charge on any atom is 0.371 e. The molecule has 0 aliphatic carbocycles. The Bertz CT molecular complexity index is 338. The van der Waals surface area contributed by atoms with Crippen LogP contribution in [-0.2, 0) is 0 Å². The van der Waals surface area contributed by atoms with Gasteiger partial charge in [0.05, 0.1) is 0 Å². The van der Waals surface area contributed by atoms with Crippen LogP contribution in [0.4, 0.5) is 11.4 Å². The number of rotatable bonds is 0. The lowest BCUT2D eigenvalue weighted by Crippen LogP contribution is -2.41. The predicted octanol–water partition coefficient (Wildman–Crippen LogP) is 2.00. The van der Waals surface area contributed by atoms with E-state index in [-0.39, 0.29) is 0 Å². The summed E-state index contributed by atoms with van der Waals surface area (Å²) < 4.78 is 0. The van der Waals surface area contributed by atoms with Crippen molar-refractivity contribution in [3.05, 3.63) is 23.8 Å². The fourth-order valence-electron chi connectivity index (χ4n) is 1.88. The summed E-state index contributed by atoms with van der Waals surface area (Å²) in [5.74, 6) is 0. The van der Waals surface area contributed by atoms with Crippen molar-refractivity contribution in [1.29, 1.82) is 0 Å². The molecule has 0 bridgehead atoms. The molecule has 0 radical (unpaired) electrons. The molecule has 0 spiro atoms. The van der Waals surface area contributed by atoms with E-state index in [0.717, 1.165) is 0 Å². The van der Waals surface area contributed by atoms with Gasteiger partial charge in [0.25, 0.3) is 0 Å². The van der Waals surface area contributed by atoms with Crippen LogP contribution in [0.3, 0.4) is 0 Å². The molecule has 2 rings (SSSR count). The average Bonchev–Trinajstić information content (AvgIpc) is 2.32. The summed E-state index contributed by atoms with van der Waals surface area (Å²) in [5, 5.41) is 0. The first-order chi connectivity index (χ1) is 6.11. The van der Waals surface area contributed by atoms with Gasteiger partial charge in [-0.25, -0.2) is 0 Å². The van der Waals surface area contributed by atoms with Gasteiger partial charge in [-0.15, -0.1) is 0 Å². The number of aryl methyl sites for hydroxylation is 1. The Labute approximate surface area is 80.3 Å². The number of nitrogens with zero attached hydrogens (tertiary/aromatic N) is 2.